The third-order valence-corrected chi connectivity index (χ3v) is 5.09. The molecule has 0 spiro atoms. The van der Waals surface area contributed by atoms with Crippen LogP contribution in [0.15, 0.2) is 96.8 Å². The van der Waals surface area contributed by atoms with Crippen molar-refractivity contribution in [3.05, 3.63) is 102 Å². The van der Waals surface area contributed by atoms with Crippen LogP contribution in [0.5, 0.6) is 0 Å². The molecule has 31 heavy (non-hydrogen) atoms. The average molecular weight is 427 g/mol. The van der Waals surface area contributed by atoms with Crippen molar-refractivity contribution in [2.75, 3.05) is 0 Å². The highest BCUT2D eigenvalue weighted by molar-refractivity contribution is 6.28. The maximum absolute atomic E-state index is 8.98. The Morgan fingerprint density at radius 3 is 2.35 bits per heavy atom. The molecule has 1 heterocycles. The van der Waals surface area contributed by atoms with Crippen LogP contribution >= 0.6 is 11.6 Å². The predicted octanol–water partition coefficient (Wildman–Crippen LogP) is 7.32. The summed E-state index contributed by atoms with van der Waals surface area (Å²) in [6.07, 6.45) is 0. The number of fused-ring (bicyclic) bond motifs is 4. The second-order valence-electron chi connectivity index (χ2n) is 6.78. The summed E-state index contributed by atoms with van der Waals surface area (Å²) in [5.41, 5.74) is 0.418. The van der Waals surface area contributed by atoms with E-state index in [0.29, 0.717) is 5.56 Å². The molecule has 6 aromatic rings. The molecule has 0 aliphatic heterocycles. The van der Waals surface area contributed by atoms with Gasteiger partial charge in [0, 0.05) is 11.1 Å². The van der Waals surface area contributed by atoms with Gasteiger partial charge in [0.2, 0.25) is 5.28 Å². The number of benzene rings is 5. The Balaban J connectivity index is 1.73. The normalized spacial score (nSPS) is 15.5. The van der Waals surface area contributed by atoms with E-state index in [0.717, 1.165) is 10.8 Å². The van der Waals surface area contributed by atoms with E-state index in [1.165, 1.54) is 0 Å². The van der Waals surface area contributed by atoms with Crippen molar-refractivity contribution < 1.29 is 12.3 Å². The average Bonchev–Trinajstić information content (AvgIpc) is 2.94. The smallest absolute Gasteiger partial charge is 0.208 e. The summed E-state index contributed by atoms with van der Waals surface area (Å²) in [5.74, 6) is 0.00598. The first-order valence-corrected chi connectivity index (χ1v) is 9.73. The summed E-state index contributed by atoms with van der Waals surface area (Å²) in [6, 6.07) is 8.47. The summed E-state index contributed by atoms with van der Waals surface area (Å²) >= 11 is 6.29. The Morgan fingerprint density at radius 1 is 0.613 bits per heavy atom. The molecular weight excluding hydrogens is 402 g/mol. The molecule has 0 bridgehead atoms. The Morgan fingerprint density at radius 2 is 1.39 bits per heavy atom. The highest BCUT2D eigenvalue weighted by Gasteiger charge is 2.12. The minimum atomic E-state index is -0.582. The highest BCUT2D eigenvalue weighted by Crippen LogP contribution is 2.31. The van der Waals surface area contributed by atoms with Gasteiger partial charge in [-0.2, -0.15) is 9.97 Å². The summed E-state index contributed by atoms with van der Waals surface area (Å²) in [4.78, 5) is 12.9. The van der Waals surface area contributed by atoms with Crippen molar-refractivity contribution in [3.8, 4) is 22.8 Å². The van der Waals surface area contributed by atoms with Crippen molar-refractivity contribution in [2.24, 2.45) is 0 Å². The molecule has 1 aromatic heterocycles. The van der Waals surface area contributed by atoms with Gasteiger partial charge in [0.05, 0.1) is 12.3 Å². The van der Waals surface area contributed by atoms with Gasteiger partial charge in [0.1, 0.15) is 0 Å². The van der Waals surface area contributed by atoms with Gasteiger partial charge in [0.15, 0.2) is 11.6 Å². The number of aromatic nitrogens is 3. The summed E-state index contributed by atoms with van der Waals surface area (Å²) in [5, 5.41) is 0.716. The van der Waals surface area contributed by atoms with Crippen LogP contribution in [0.3, 0.4) is 0 Å². The van der Waals surface area contributed by atoms with E-state index in [9.17, 15) is 0 Å². The van der Waals surface area contributed by atoms with Crippen molar-refractivity contribution in [3.63, 3.8) is 0 Å². The number of halogens is 1. The van der Waals surface area contributed by atoms with Crippen molar-refractivity contribution in [1.82, 2.24) is 15.0 Å². The fourth-order valence-electron chi connectivity index (χ4n) is 3.52. The van der Waals surface area contributed by atoms with Gasteiger partial charge < -0.3 is 0 Å². The minimum absolute atomic E-state index is 0.172. The van der Waals surface area contributed by atoms with E-state index in [4.69, 9.17) is 23.9 Å². The summed E-state index contributed by atoms with van der Waals surface area (Å²) in [7, 11) is 0. The third-order valence-electron chi connectivity index (χ3n) is 4.92. The van der Waals surface area contributed by atoms with E-state index < -0.39 is 54.4 Å². The summed E-state index contributed by atoms with van der Waals surface area (Å²) < 4.78 is 76.6. The zero-order valence-corrected chi connectivity index (χ0v) is 16.5. The highest BCUT2D eigenvalue weighted by atomic mass is 35.5. The molecule has 0 aliphatic rings. The van der Waals surface area contributed by atoms with Gasteiger partial charge in [-0.3, -0.25) is 0 Å². The summed E-state index contributed by atoms with van der Waals surface area (Å²) in [6.45, 7) is 0. The van der Waals surface area contributed by atoms with Gasteiger partial charge in [-0.15, -0.1) is 0 Å². The Labute approximate surface area is 196 Å². The lowest BCUT2D eigenvalue weighted by molar-refractivity contribution is 1.07. The van der Waals surface area contributed by atoms with E-state index in [1.54, 1.807) is 6.07 Å². The van der Waals surface area contributed by atoms with E-state index in [1.807, 2.05) is 36.4 Å². The molecule has 0 unspecified atom stereocenters. The van der Waals surface area contributed by atoms with Crippen molar-refractivity contribution >= 4 is 43.9 Å². The largest absolute Gasteiger partial charge is 0.226 e. The predicted molar refractivity (Wildman–Crippen MR) is 128 cm³/mol. The lowest BCUT2D eigenvalue weighted by Crippen LogP contribution is -1.97. The molecule has 146 valence electrons. The number of hydrogen-bond acceptors (Lipinski definition) is 3. The maximum Gasteiger partial charge on any atom is 0.226 e. The van der Waals surface area contributed by atoms with E-state index in [2.05, 4.69) is 15.0 Å². The first-order chi connectivity index (χ1) is 19.0. The van der Waals surface area contributed by atoms with Crippen molar-refractivity contribution in [1.29, 1.82) is 0 Å². The quantitative estimate of drug-likeness (QED) is 0.272. The Hall–Kier alpha value is -3.82. The monoisotopic (exact) mass is 426 g/mol. The van der Waals surface area contributed by atoms with Crippen LogP contribution in [-0.2, 0) is 0 Å². The first-order valence-electron chi connectivity index (χ1n) is 13.9. The standard InChI is InChI=1S/C27H16ClN3/c28-27-30-25(29-26(31-27)24-11-5-8-17-6-1-4-10-22(17)24)20-14-15-23-19(16-20)13-12-18-7-2-3-9-21(18)23/h1-16H/i2D,3D,7D,9D,12D,13D,14D,15D,16D. The van der Waals surface area contributed by atoms with Crippen LogP contribution in [0.2, 0.25) is 5.28 Å². The zero-order valence-electron chi connectivity index (χ0n) is 24.8. The van der Waals surface area contributed by atoms with Crippen LogP contribution in [0.4, 0.5) is 0 Å². The molecule has 0 N–H and O–H groups in total. The molecule has 0 amide bonds. The Bertz CT molecular complexity index is 2080. The number of rotatable bonds is 2. The molecular formula is C27H16ClN3. The van der Waals surface area contributed by atoms with Gasteiger partial charge in [0.25, 0.3) is 0 Å². The third kappa shape index (κ3) is 3.11. The SMILES string of the molecule is [2H]c1c([2H])c([2H])c2c(c1[2H])c([2H])c([2H])c1c([2H])c(-c3nc(Cl)nc(-c4cccc5ccccc45)n3)c([2H])c([2H])c12. The fourth-order valence-corrected chi connectivity index (χ4v) is 3.68. The van der Waals surface area contributed by atoms with Crippen LogP contribution in [0.1, 0.15) is 12.3 Å². The topological polar surface area (TPSA) is 38.7 Å². The second-order valence-corrected chi connectivity index (χ2v) is 7.12. The van der Waals surface area contributed by atoms with Gasteiger partial charge in [-0.1, -0.05) is 90.8 Å². The van der Waals surface area contributed by atoms with Gasteiger partial charge in [-0.05, 0) is 50.0 Å². The molecule has 0 radical (unpaired) electrons. The number of nitrogens with zero attached hydrogens (tertiary/aromatic N) is 3. The Kier molecular flexibility index (Phi) is 2.53. The second kappa shape index (κ2) is 7.15. The number of hydrogen-bond donors (Lipinski definition) is 0. The molecule has 0 aliphatic carbocycles. The molecule has 3 nitrogen and oxygen atoms in total. The van der Waals surface area contributed by atoms with E-state index in [-0.39, 0.29) is 44.0 Å². The van der Waals surface area contributed by atoms with Crippen LogP contribution in [0, 0.1) is 0 Å². The first kappa shape index (κ1) is 11.0. The minimum Gasteiger partial charge on any atom is -0.208 e. The van der Waals surface area contributed by atoms with Gasteiger partial charge >= 0.3 is 0 Å². The van der Waals surface area contributed by atoms with Crippen LogP contribution < -0.4 is 0 Å². The van der Waals surface area contributed by atoms with Crippen LogP contribution in [-0.4, -0.2) is 15.0 Å². The van der Waals surface area contributed by atoms with Gasteiger partial charge in [-0.25, -0.2) is 4.98 Å². The van der Waals surface area contributed by atoms with Crippen molar-refractivity contribution in [2.45, 2.75) is 0 Å². The molecule has 6 rings (SSSR count). The van der Waals surface area contributed by atoms with Crippen LogP contribution in [0.25, 0.3) is 55.1 Å². The molecule has 4 heteroatoms. The molecule has 0 saturated heterocycles. The molecule has 0 atom stereocenters. The maximum atomic E-state index is 8.98. The van der Waals surface area contributed by atoms with E-state index >= 15 is 0 Å². The lowest BCUT2D eigenvalue weighted by Gasteiger charge is -2.09. The fraction of sp³-hybridized carbons (Fsp3) is 0. The molecule has 0 fully saturated rings. The lowest BCUT2D eigenvalue weighted by atomic mass is 10.00. The molecule has 5 aromatic carbocycles. The zero-order chi connectivity index (χ0) is 28.6. The molecule has 0 saturated carbocycles.